The van der Waals surface area contributed by atoms with E-state index >= 15 is 0 Å². The normalized spacial score (nSPS) is 16.7. The van der Waals surface area contributed by atoms with Gasteiger partial charge >= 0.3 is 0 Å². The van der Waals surface area contributed by atoms with Crippen LogP contribution in [0.2, 0.25) is 0 Å². The number of benzene rings is 1. The van der Waals surface area contributed by atoms with Gasteiger partial charge in [-0.25, -0.2) is 0 Å². The first-order chi connectivity index (χ1) is 15.5. The molecule has 0 amide bonds. The van der Waals surface area contributed by atoms with Gasteiger partial charge in [0, 0.05) is 24.7 Å². The highest BCUT2D eigenvalue weighted by atomic mass is 16.7. The third kappa shape index (κ3) is 3.80. The Morgan fingerprint density at radius 3 is 2.66 bits per heavy atom. The summed E-state index contributed by atoms with van der Waals surface area (Å²) in [4.78, 5) is 15.2. The summed E-state index contributed by atoms with van der Waals surface area (Å²) in [6.45, 7) is 10.1. The van der Waals surface area contributed by atoms with Crippen LogP contribution in [-0.4, -0.2) is 31.0 Å². The number of nitrogens with zero attached hydrogens (tertiary/aromatic N) is 2. The lowest BCUT2D eigenvalue weighted by Crippen LogP contribution is -3.11. The highest BCUT2D eigenvalue weighted by Crippen LogP contribution is 2.43. The first kappa shape index (κ1) is 21.8. The number of nitrogens with two attached hydrogens (primary N) is 1. The lowest BCUT2D eigenvalue weighted by atomic mass is 9.84. The fourth-order valence-electron chi connectivity index (χ4n) is 4.48. The van der Waals surface area contributed by atoms with Crippen molar-refractivity contribution in [2.75, 3.05) is 26.4 Å². The molecule has 2 aliphatic heterocycles. The van der Waals surface area contributed by atoms with Crippen molar-refractivity contribution in [2.24, 2.45) is 5.73 Å². The minimum absolute atomic E-state index is 0.0179. The predicted molar refractivity (Wildman–Crippen MR) is 119 cm³/mol. The van der Waals surface area contributed by atoms with Crippen LogP contribution in [-0.2, 0) is 6.54 Å². The lowest BCUT2D eigenvalue weighted by molar-refractivity contribution is -0.896. The first-order valence-electron chi connectivity index (χ1n) is 11.0. The van der Waals surface area contributed by atoms with Crippen molar-refractivity contribution in [2.45, 2.75) is 39.7 Å². The molecule has 8 nitrogen and oxygen atoms in total. The van der Waals surface area contributed by atoms with E-state index in [2.05, 4.69) is 19.9 Å². The topological polar surface area (TPSA) is 104 Å². The van der Waals surface area contributed by atoms with Crippen LogP contribution in [0, 0.1) is 18.3 Å². The van der Waals surface area contributed by atoms with Gasteiger partial charge in [-0.2, -0.15) is 5.26 Å². The molecular formula is C24H29N4O4+. The minimum Gasteiger partial charge on any atom is -0.454 e. The maximum absolute atomic E-state index is 13.7. The molecule has 32 heavy (non-hydrogen) atoms. The van der Waals surface area contributed by atoms with E-state index in [1.807, 2.05) is 19.1 Å². The fourth-order valence-corrected chi connectivity index (χ4v) is 4.48. The Bertz CT molecular complexity index is 1160. The van der Waals surface area contributed by atoms with Crippen molar-refractivity contribution in [3.63, 3.8) is 0 Å². The van der Waals surface area contributed by atoms with Crippen LogP contribution in [0.1, 0.15) is 43.0 Å². The van der Waals surface area contributed by atoms with Crippen LogP contribution < -0.4 is 30.4 Å². The van der Waals surface area contributed by atoms with Gasteiger partial charge in [-0.05, 0) is 38.5 Å². The summed E-state index contributed by atoms with van der Waals surface area (Å²) < 4.78 is 18.4. The van der Waals surface area contributed by atoms with Crippen molar-refractivity contribution >= 4 is 0 Å². The van der Waals surface area contributed by atoms with Crippen LogP contribution in [0.3, 0.4) is 0 Å². The Balaban J connectivity index is 1.77. The highest BCUT2D eigenvalue weighted by molar-refractivity contribution is 5.57. The van der Waals surface area contributed by atoms with E-state index in [0.29, 0.717) is 29.4 Å². The predicted octanol–water partition coefficient (Wildman–Crippen LogP) is 1.42. The Kier molecular flexibility index (Phi) is 6.10. The summed E-state index contributed by atoms with van der Waals surface area (Å²) >= 11 is 0. The third-order valence-corrected chi connectivity index (χ3v) is 6.33. The van der Waals surface area contributed by atoms with E-state index in [1.54, 1.807) is 16.7 Å². The summed E-state index contributed by atoms with van der Waals surface area (Å²) in [6, 6.07) is 9.42. The molecule has 1 aromatic carbocycles. The Hall–Kier alpha value is -3.44. The second kappa shape index (κ2) is 8.97. The van der Waals surface area contributed by atoms with Crippen molar-refractivity contribution in [1.82, 2.24) is 4.57 Å². The van der Waals surface area contributed by atoms with E-state index in [4.69, 9.17) is 19.9 Å². The second-order valence-corrected chi connectivity index (χ2v) is 8.12. The Morgan fingerprint density at radius 2 is 1.94 bits per heavy atom. The Morgan fingerprint density at radius 1 is 1.19 bits per heavy atom. The van der Waals surface area contributed by atoms with Gasteiger partial charge in [0.2, 0.25) is 12.7 Å². The first-order valence-corrected chi connectivity index (χ1v) is 11.0. The molecule has 0 saturated heterocycles. The molecular weight excluding hydrogens is 408 g/mol. The largest absolute Gasteiger partial charge is 0.454 e. The van der Waals surface area contributed by atoms with E-state index in [-0.39, 0.29) is 23.8 Å². The number of hydrogen-bond donors (Lipinski definition) is 2. The number of pyridine rings is 1. The van der Waals surface area contributed by atoms with Crippen molar-refractivity contribution in [1.29, 1.82) is 5.26 Å². The van der Waals surface area contributed by atoms with Crippen molar-refractivity contribution in [3.8, 4) is 23.3 Å². The average Bonchev–Trinajstić information content (AvgIpc) is 3.25. The lowest BCUT2D eigenvalue weighted by Gasteiger charge is -2.27. The van der Waals surface area contributed by atoms with Crippen LogP contribution in [0.5, 0.6) is 17.2 Å². The second-order valence-electron chi connectivity index (χ2n) is 8.12. The number of ether oxygens (including phenoxy) is 3. The molecule has 0 bridgehead atoms. The smallest absolute Gasteiger partial charge is 0.258 e. The molecule has 2 aromatic rings. The molecule has 1 aromatic heterocycles. The minimum atomic E-state index is -0.633. The van der Waals surface area contributed by atoms with Gasteiger partial charge in [-0.1, -0.05) is 6.07 Å². The fraction of sp³-hybridized carbons (Fsp3) is 0.417. The molecule has 2 aliphatic rings. The molecule has 3 heterocycles. The van der Waals surface area contributed by atoms with Gasteiger partial charge < -0.3 is 29.4 Å². The summed E-state index contributed by atoms with van der Waals surface area (Å²) in [7, 11) is 0. The Labute approximate surface area is 187 Å². The maximum Gasteiger partial charge on any atom is 0.258 e. The number of rotatable bonds is 7. The number of fused-ring (bicyclic) bond motifs is 2. The molecule has 1 atom stereocenters. The van der Waals surface area contributed by atoms with Gasteiger partial charge in [-0.3, -0.25) is 4.79 Å². The SMILES string of the molecule is CC[NH+](CC)CCCn1c(C)cc2c(c1=O)[C@H](c1ccc3c(c1)OCO3)C(C#N)=C(N)O2. The molecule has 0 saturated carbocycles. The highest BCUT2D eigenvalue weighted by Gasteiger charge is 2.35. The number of aryl methyl sites for hydroxylation is 1. The summed E-state index contributed by atoms with van der Waals surface area (Å²) in [5, 5.41) is 9.85. The summed E-state index contributed by atoms with van der Waals surface area (Å²) in [6.07, 6.45) is 0.884. The van der Waals surface area contributed by atoms with E-state index in [1.165, 1.54) is 4.90 Å². The van der Waals surface area contributed by atoms with Crippen molar-refractivity contribution < 1.29 is 19.1 Å². The van der Waals surface area contributed by atoms with E-state index in [9.17, 15) is 10.1 Å². The molecule has 168 valence electrons. The molecule has 0 aliphatic carbocycles. The number of nitriles is 1. The number of allylic oxidation sites excluding steroid dienone is 1. The van der Waals surface area contributed by atoms with Crippen molar-refractivity contribution in [3.05, 3.63) is 62.9 Å². The van der Waals surface area contributed by atoms with Gasteiger partial charge in [0.15, 0.2) is 11.5 Å². The molecule has 0 unspecified atom stereocenters. The van der Waals surface area contributed by atoms with E-state index < -0.39 is 5.92 Å². The number of hydrogen-bond acceptors (Lipinski definition) is 6. The molecule has 0 radical (unpaired) electrons. The van der Waals surface area contributed by atoms with Gasteiger partial charge in [0.1, 0.15) is 17.4 Å². The summed E-state index contributed by atoms with van der Waals surface area (Å²) in [5.74, 6) is 1.00. The molecule has 4 rings (SSSR count). The zero-order valence-corrected chi connectivity index (χ0v) is 18.7. The van der Waals surface area contributed by atoms with E-state index in [0.717, 1.165) is 37.3 Å². The molecule has 0 spiro atoms. The monoisotopic (exact) mass is 437 g/mol. The number of quaternary nitrogens is 1. The maximum atomic E-state index is 13.7. The zero-order chi connectivity index (χ0) is 22.8. The number of aromatic nitrogens is 1. The zero-order valence-electron chi connectivity index (χ0n) is 18.7. The van der Waals surface area contributed by atoms with Crippen LogP contribution in [0.15, 0.2) is 40.5 Å². The van der Waals surface area contributed by atoms with Gasteiger partial charge in [-0.15, -0.1) is 0 Å². The van der Waals surface area contributed by atoms with Gasteiger partial charge in [0.25, 0.3) is 5.56 Å². The van der Waals surface area contributed by atoms with Crippen LogP contribution in [0.4, 0.5) is 0 Å². The number of nitrogens with one attached hydrogen (secondary N) is 1. The van der Waals surface area contributed by atoms with Gasteiger partial charge in [0.05, 0.1) is 31.1 Å². The molecule has 8 heteroatoms. The summed E-state index contributed by atoms with van der Waals surface area (Å²) in [5.41, 5.74) is 8.13. The quantitative estimate of drug-likeness (QED) is 0.679. The average molecular weight is 438 g/mol. The molecule has 3 N–H and O–H groups in total. The third-order valence-electron chi connectivity index (χ3n) is 6.33. The van der Waals surface area contributed by atoms with Crippen LogP contribution >= 0.6 is 0 Å². The molecule has 0 fully saturated rings. The van der Waals surface area contributed by atoms with Crippen LogP contribution in [0.25, 0.3) is 0 Å². The standard InChI is InChI=1S/C24H28N4O4/c1-4-27(5-2)9-6-10-28-15(3)11-20-22(24(28)29)21(17(13-25)23(26)32-20)16-7-8-18-19(12-16)31-14-30-18/h7-8,11-12,21H,4-6,9-10,14,26H2,1-3H3/p+1/t21-/m1/s1.